The first-order chi connectivity index (χ1) is 7.83. The van der Waals surface area contributed by atoms with Crippen LogP contribution in [0.2, 0.25) is 0 Å². The first-order valence-corrected chi connectivity index (χ1v) is 6.13. The lowest BCUT2D eigenvalue weighted by Crippen LogP contribution is -2.23. The Morgan fingerprint density at radius 1 is 1.19 bits per heavy atom. The summed E-state index contributed by atoms with van der Waals surface area (Å²) in [4.78, 5) is 10.9. The molecule has 0 aliphatic heterocycles. The van der Waals surface area contributed by atoms with E-state index in [2.05, 4.69) is 17.4 Å². The van der Waals surface area contributed by atoms with E-state index in [0.29, 0.717) is 6.42 Å². The molecule has 1 aromatic rings. The Balaban J connectivity index is 0.00000106. The lowest BCUT2D eigenvalue weighted by molar-refractivity contribution is -0.120. The van der Waals surface area contributed by atoms with Crippen LogP contribution in [0.1, 0.15) is 39.2 Å². The maximum absolute atomic E-state index is 10.9. The van der Waals surface area contributed by atoms with Gasteiger partial charge in [-0.2, -0.15) is 0 Å². The molecule has 0 saturated heterocycles. The summed E-state index contributed by atoms with van der Waals surface area (Å²) in [5, 5.41) is 2.86. The highest BCUT2D eigenvalue weighted by Gasteiger charge is 1.95. The molecular weight excluding hydrogens is 198 g/mol. The predicted molar refractivity (Wildman–Crippen MR) is 69.4 cm³/mol. The van der Waals surface area contributed by atoms with E-state index >= 15 is 0 Å². The van der Waals surface area contributed by atoms with Crippen molar-refractivity contribution in [2.75, 3.05) is 6.54 Å². The Bertz CT molecular complexity index is 269. The van der Waals surface area contributed by atoms with Gasteiger partial charge in [0.05, 0.1) is 0 Å². The third-order valence-electron chi connectivity index (χ3n) is 2.13. The maximum atomic E-state index is 10.9. The van der Waals surface area contributed by atoms with E-state index in [9.17, 15) is 4.79 Å². The van der Waals surface area contributed by atoms with Gasteiger partial charge >= 0.3 is 0 Å². The Labute approximate surface area is 99.1 Å². The van der Waals surface area contributed by atoms with Crippen LogP contribution in [0.3, 0.4) is 0 Å². The molecule has 1 rings (SSSR count). The molecule has 0 spiro atoms. The van der Waals surface area contributed by atoms with Gasteiger partial charge in [-0.15, -0.1) is 0 Å². The topological polar surface area (TPSA) is 29.1 Å². The van der Waals surface area contributed by atoms with Crippen molar-refractivity contribution in [3.05, 3.63) is 35.9 Å². The molecule has 0 bridgehead atoms. The van der Waals surface area contributed by atoms with Crippen LogP contribution >= 0.6 is 0 Å². The van der Waals surface area contributed by atoms with Gasteiger partial charge in [-0.05, 0) is 18.4 Å². The van der Waals surface area contributed by atoms with Crippen LogP contribution in [-0.4, -0.2) is 12.5 Å². The third kappa shape index (κ3) is 7.04. The van der Waals surface area contributed by atoms with E-state index in [1.807, 2.05) is 39.0 Å². The number of carbonyl (C=O) groups is 1. The van der Waals surface area contributed by atoms with Crippen molar-refractivity contribution in [3.8, 4) is 0 Å². The number of hydrogen-bond donors (Lipinski definition) is 1. The van der Waals surface area contributed by atoms with Crippen LogP contribution in [0.25, 0.3) is 0 Å². The van der Waals surface area contributed by atoms with E-state index in [1.54, 1.807) is 0 Å². The van der Waals surface area contributed by atoms with Crippen molar-refractivity contribution < 1.29 is 4.79 Å². The zero-order valence-electron chi connectivity index (χ0n) is 10.6. The molecule has 16 heavy (non-hydrogen) atoms. The minimum atomic E-state index is 0.137. The third-order valence-corrected chi connectivity index (χ3v) is 2.13. The molecule has 1 aromatic carbocycles. The van der Waals surface area contributed by atoms with Crippen molar-refractivity contribution in [2.24, 2.45) is 0 Å². The van der Waals surface area contributed by atoms with E-state index in [1.165, 1.54) is 5.56 Å². The summed E-state index contributed by atoms with van der Waals surface area (Å²) in [6.45, 7) is 6.65. The van der Waals surface area contributed by atoms with Gasteiger partial charge in [0.25, 0.3) is 0 Å². The van der Waals surface area contributed by atoms with Crippen molar-refractivity contribution >= 4 is 5.91 Å². The number of aryl methyl sites for hydroxylation is 1. The van der Waals surface area contributed by atoms with Crippen LogP contribution in [0.4, 0.5) is 0 Å². The lowest BCUT2D eigenvalue weighted by Gasteiger charge is -2.03. The van der Waals surface area contributed by atoms with Crippen molar-refractivity contribution in [1.29, 1.82) is 0 Å². The molecule has 0 aromatic heterocycles. The molecule has 0 aliphatic rings. The second-order valence-corrected chi connectivity index (χ2v) is 3.29. The lowest BCUT2D eigenvalue weighted by atomic mass is 10.1. The van der Waals surface area contributed by atoms with E-state index in [0.717, 1.165) is 19.4 Å². The van der Waals surface area contributed by atoms with Gasteiger partial charge in [-0.1, -0.05) is 51.1 Å². The van der Waals surface area contributed by atoms with Gasteiger partial charge in [0, 0.05) is 13.0 Å². The molecule has 0 unspecified atom stereocenters. The zero-order valence-corrected chi connectivity index (χ0v) is 10.6. The number of benzene rings is 1. The monoisotopic (exact) mass is 221 g/mol. The molecule has 0 fully saturated rings. The zero-order chi connectivity index (χ0) is 12.2. The van der Waals surface area contributed by atoms with Crippen LogP contribution in [0.5, 0.6) is 0 Å². The summed E-state index contributed by atoms with van der Waals surface area (Å²) in [6, 6.07) is 10.3. The maximum Gasteiger partial charge on any atom is 0.219 e. The van der Waals surface area contributed by atoms with E-state index < -0.39 is 0 Å². The summed E-state index contributed by atoms with van der Waals surface area (Å²) in [5.41, 5.74) is 1.33. The SMILES string of the molecule is CC.CCC(=O)NCCCc1ccccc1. The fraction of sp³-hybridized carbons (Fsp3) is 0.500. The average Bonchev–Trinajstić information content (AvgIpc) is 2.38. The Morgan fingerprint density at radius 3 is 2.38 bits per heavy atom. The normalized spacial score (nSPS) is 8.94. The van der Waals surface area contributed by atoms with Crippen molar-refractivity contribution in [2.45, 2.75) is 40.0 Å². The number of carbonyl (C=O) groups excluding carboxylic acids is 1. The van der Waals surface area contributed by atoms with Crippen LogP contribution in [0, 0.1) is 0 Å². The van der Waals surface area contributed by atoms with Gasteiger partial charge in [0.15, 0.2) is 0 Å². The first kappa shape index (κ1) is 14.7. The van der Waals surface area contributed by atoms with Crippen LogP contribution < -0.4 is 5.32 Å². The highest BCUT2D eigenvalue weighted by Crippen LogP contribution is 2.01. The fourth-order valence-corrected chi connectivity index (χ4v) is 1.29. The summed E-state index contributed by atoms with van der Waals surface area (Å²) < 4.78 is 0. The minimum Gasteiger partial charge on any atom is -0.356 e. The van der Waals surface area contributed by atoms with Crippen molar-refractivity contribution in [1.82, 2.24) is 5.32 Å². The standard InChI is InChI=1S/C12H17NO.C2H6/c1-2-12(14)13-10-6-9-11-7-4-3-5-8-11;1-2/h3-5,7-8H,2,6,9-10H2,1H3,(H,13,14);1-2H3. The second-order valence-electron chi connectivity index (χ2n) is 3.29. The molecule has 2 nitrogen and oxygen atoms in total. The molecule has 0 aliphatic carbocycles. The summed E-state index contributed by atoms with van der Waals surface area (Å²) in [6.07, 6.45) is 2.62. The minimum absolute atomic E-state index is 0.137. The number of hydrogen-bond acceptors (Lipinski definition) is 1. The van der Waals surface area contributed by atoms with E-state index in [4.69, 9.17) is 0 Å². The first-order valence-electron chi connectivity index (χ1n) is 6.13. The molecule has 1 N–H and O–H groups in total. The van der Waals surface area contributed by atoms with Gasteiger partial charge in [-0.25, -0.2) is 0 Å². The largest absolute Gasteiger partial charge is 0.356 e. The molecule has 0 radical (unpaired) electrons. The highest BCUT2D eigenvalue weighted by atomic mass is 16.1. The van der Waals surface area contributed by atoms with Crippen molar-refractivity contribution in [3.63, 3.8) is 0 Å². The molecule has 0 heterocycles. The quantitative estimate of drug-likeness (QED) is 0.760. The fourth-order valence-electron chi connectivity index (χ4n) is 1.29. The van der Waals surface area contributed by atoms with Crippen LogP contribution in [-0.2, 0) is 11.2 Å². The predicted octanol–water partition coefficient (Wildman–Crippen LogP) is 3.17. The summed E-state index contributed by atoms with van der Waals surface area (Å²) in [7, 11) is 0. The molecular formula is C14H23NO. The van der Waals surface area contributed by atoms with Gasteiger partial charge in [0.1, 0.15) is 0 Å². The van der Waals surface area contributed by atoms with Gasteiger partial charge < -0.3 is 5.32 Å². The molecule has 90 valence electrons. The smallest absolute Gasteiger partial charge is 0.219 e. The molecule has 2 heteroatoms. The van der Waals surface area contributed by atoms with Gasteiger partial charge in [-0.3, -0.25) is 4.79 Å². The molecule has 0 saturated carbocycles. The Morgan fingerprint density at radius 2 is 1.81 bits per heavy atom. The number of nitrogens with one attached hydrogen (secondary N) is 1. The second kappa shape index (κ2) is 10.2. The van der Waals surface area contributed by atoms with E-state index in [-0.39, 0.29) is 5.91 Å². The number of rotatable bonds is 5. The Kier molecular flexibility index (Phi) is 9.38. The number of amides is 1. The van der Waals surface area contributed by atoms with Crippen LogP contribution in [0.15, 0.2) is 30.3 Å². The molecule has 1 amide bonds. The highest BCUT2D eigenvalue weighted by molar-refractivity contribution is 5.75. The Hall–Kier alpha value is -1.31. The van der Waals surface area contributed by atoms with Gasteiger partial charge in [0.2, 0.25) is 5.91 Å². The summed E-state index contributed by atoms with van der Waals surface area (Å²) >= 11 is 0. The molecule has 0 atom stereocenters. The average molecular weight is 221 g/mol. The summed E-state index contributed by atoms with van der Waals surface area (Å²) in [5.74, 6) is 0.137.